The van der Waals surface area contributed by atoms with Gasteiger partial charge in [0, 0.05) is 13.1 Å². The molecule has 0 aliphatic rings. The lowest BCUT2D eigenvalue weighted by Crippen LogP contribution is -2.36. The van der Waals surface area contributed by atoms with Gasteiger partial charge in [0.05, 0.1) is 19.3 Å². The summed E-state index contributed by atoms with van der Waals surface area (Å²) in [5.74, 6) is -1.12. The highest BCUT2D eigenvalue weighted by atomic mass is 16.4. The van der Waals surface area contributed by atoms with E-state index in [2.05, 4.69) is 15.6 Å². The summed E-state index contributed by atoms with van der Waals surface area (Å²) in [6, 6.07) is 0. The van der Waals surface area contributed by atoms with Gasteiger partial charge < -0.3 is 10.4 Å². The number of carboxylic acids is 1. The third-order valence-electron chi connectivity index (χ3n) is 2.45. The third-order valence-corrected chi connectivity index (χ3v) is 2.45. The first kappa shape index (κ1) is 15.1. The van der Waals surface area contributed by atoms with Gasteiger partial charge in [-0.2, -0.15) is 0 Å². The van der Waals surface area contributed by atoms with Gasteiger partial charge >= 0.3 is 5.97 Å². The Balaban J connectivity index is 2.30. The van der Waals surface area contributed by atoms with Gasteiger partial charge in [0.15, 0.2) is 5.69 Å². The Bertz CT molecular complexity index is 432. The number of hydrogen-bond donors (Lipinski definition) is 2. The van der Waals surface area contributed by atoms with Crippen molar-refractivity contribution in [2.45, 2.75) is 19.9 Å². The molecule has 2 N–H and O–H groups in total. The largest absolute Gasteiger partial charge is 0.476 e. The van der Waals surface area contributed by atoms with Crippen molar-refractivity contribution >= 4 is 11.9 Å². The molecule has 0 bridgehead atoms. The molecule has 0 unspecified atom stereocenters. The van der Waals surface area contributed by atoms with Crippen LogP contribution in [0.3, 0.4) is 0 Å². The average Bonchev–Trinajstić information content (AvgIpc) is 2.83. The van der Waals surface area contributed by atoms with Gasteiger partial charge in [-0.15, -0.1) is 5.10 Å². The molecule has 8 nitrogen and oxygen atoms in total. The maximum atomic E-state index is 11.5. The smallest absolute Gasteiger partial charge is 0.358 e. The zero-order valence-electron chi connectivity index (χ0n) is 11.2. The summed E-state index contributed by atoms with van der Waals surface area (Å²) in [6.07, 6.45) is 2.28. The molecule has 1 aromatic rings. The van der Waals surface area contributed by atoms with Crippen LogP contribution in [-0.2, 0) is 11.3 Å². The monoisotopic (exact) mass is 269 g/mol. The first-order valence-electron chi connectivity index (χ1n) is 6.11. The molecular weight excluding hydrogens is 250 g/mol. The normalized spacial score (nSPS) is 10.7. The number of carbonyl (C=O) groups excluding carboxylic acids is 1. The molecule has 1 heterocycles. The molecule has 0 fully saturated rings. The van der Waals surface area contributed by atoms with Crippen molar-refractivity contribution in [1.29, 1.82) is 0 Å². The molecule has 1 aromatic heterocycles. The molecule has 0 saturated carbocycles. The molecule has 0 aliphatic carbocycles. The van der Waals surface area contributed by atoms with Crippen LogP contribution in [0, 0.1) is 0 Å². The second-order valence-electron chi connectivity index (χ2n) is 4.26. The number of aromatic nitrogens is 3. The highest BCUT2D eigenvalue weighted by molar-refractivity contribution is 5.84. The van der Waals surface area contributed by atoms with E-state index < -0.39 is 5.97 Å². The summed E-state index contributed by atoms with van der Waals surface area (Å²) in [4.78, 5) is 23.9. The van der Waals surface area contributed by atoms with Crippen molar-refractivity contribution in [2.75, 3.05) is 26.7 Å². The quantitative estimate of drug-likeness (QED) is 0.656. The average molecular weight is 269 g/mol. The molecule has 0 radical (unpaired) electrons. The van der Waals surface area contributed by atoms with Crippen molar-refractivity contribution in [2.24, 2.45) is 0 Å². The zero-order chi connectivity index (χ0) is 14.3. The fraction of sp³-hybridized carbons (Fsp3) is 0.636. The summed E-state index contributed by atoms with van der Waals surface area (Å²) < 4.78 is 1.45. The number of amides is 1. The SMILES string of the molecule is CCCNC(=O)CN(C)CCn1cc(C(=O)O)nn1. The van der Waals surface area contributed by atoms with E-state index in [0.29, 0.717) is 26.2 Å². The van der Waals surface area contributed by atoms with Crippen LogP contribution in [0.1, 0.15) is 23.8 Å². The van der Waals surface area contributed by atoms with E-state index in [1.807, 2.05) is 18.9 Å². The number of carboxylic acid groups (broad SMARTS) is 1. The van der Waals surface area contributed by atoms with Gasteiger partial charge in [0.1, 0.15) is 0 Å². The Kier molecular flexibility index (Phi) is 5.94. The summed E-state index contributed by atoms with van der Waals surface area (Å²) >= 11 is 0. The summed E-state index contributed by atoms with van der Waals surface area (Å²) in [6.45, 7) is 4.05. The van der Waals surface area contributed by atoms with Gasteiger partial charge in [0.25, 0.3) is 0 Å². The Morgan fingerprint density at radius 3 is 2.84 bits per heavy atom. The molecule has 0 saturated heterocycles. The van der Waals surface area contributed by atoms with Crippen LogP contribution in [0.2, 0.25) is 0 Å². The van der Waals surface area contributed by atoms with E-state index in [1.54, 1.807) is 0 Å². The van der Waals surface area contributed by atoms with Gasteiger partial charge in [-0.05, 0) is 13.5 Å². The van der Waals surface area contributed by atoms with Crippen molar-refractivity contribution < 1.29 is 14.7 Å². The van der Waals surface area contributed by atoms with Crippen molar-refractivity contribution in [1.82, 2.24) is 25.2 Å². The number of nitrogens with zero attached hydrogens (tertiary/aromatic N) is 4. The van der Waals surface area contributed by atoms with Crippen LogP contribution >= 0.6 is 0 Å². The highest BCUT2D eigenvalue weighted by Crippen LogP contribution is 1.93. The minimum atomic E-state index is -1.10. The number of rotatable bonds is 8. The lowest BCUT2D eigenvalue weighted by Gasteiger charge is -2.15. The highest BCUT2D eigenvalue weighted by Gasteiger charge is 2.09. The van der Waals surface area contributed by atoms with Crippen molar-refractivity contribution in [3.05, 3.63) is 11.9 Å². The Labute approximate surface area is 111 Å². The molecule has 106 valence electrons. The predicted octanol–water partition coefficient (Wildman–Crippen LogP) is -0.566. The Morgan fingerprint density at radius 1 is 1.53 bits per heavy atom. The Morgan fingerprint density at radius 2 is 2.26 bits per heavy atom. The maximum absolute atomic E-state index is 11.5. The molecule has 0 aliphatic heterocycles. The van der Waals surface area contributed by atoms with Crippen LogP contribution in [0.4, 0.5) is 0 Å². The van der Waals surface area contributed by atoms with E-state index >= 15 is 0 Å². The van der Waals surface area contributed by atoms with E-state index in [9.17, 15) is 9.59 Å². The molecule has 0 spiro atoms. The lowest BCUT2D eigenvalue weighted by molar-refractivity contribution is -0.121. The van der Waals surface area contributed by atoms with Gasteiger partial charge in [-0.3, -0.25) is 14.4 Å². The summed E-state index contributed by atoms with van der Waals surface area (Å²) in [5.41, 5.74) is -0.0802. The van der Waals surface area contributed by atoms with Gasteiger partial charge in [0.2, 0.25) is 5.91 Å². The van der Waals surface area contributed by atoms with E-state index in [-0.39, 0.29) is 11.6 Å². The molecule has 8 heteroatoms. The minimum Gasteiger partial charge on any atom is -0.476 e. The molecule has 0 atom stereocenters. The van der Waals surface area contributed by atoms with E-state index in [4.69, 9.17) is 5.11 Å². The van der Waals surface area contributed by atoms with Crippen molar-refractivity contribution in [3.63, 3.8) is 0 Å². The number of aromatic carboxylic acids is 1. The number of likely N-dealkylation sites (N-methyl/N-ethyl adjacent to an activating group) is 1. The fourth-order valence-corrected chi connectivity index (χ4v) is 1.42. The second-order valence-corrected chi connectivity index (χ2v) is 4.26. The zero-order valence-corrected chi connectivity index (χ0v) is 11.2. The fourth-order valence-electron chi connectivity index (χ4n) is 1.42. The summed E-state index contributed by atoms with van der Waals surface area (Å²) in [5, 5.41) is 18.7. The molecule has 0 aromatic carbocycles. The first-order valence-corrected chi connectivity index (χ1v) is 6.11. The molecule has 1 rings (SSSR count). The number of nitrogens with one attached hydrogen (secondary N) is 1. The van der Waals surface area contributed by atoms with Crippen LogP contribution in [-0.4, -0.2) is 63.6 Å². The van der Waals surface area contributed by atoms with Crippen LogP contribution in [0.15, 0.2) is 6.20 Å². The first-order chi connectivity index (χ1) is 9.02. The van der Waals surface area contributed by atoms with Gasteiger partial charge in [-0.1, -0.05) is 12.1 Å². The van der Waals surface area contributed by atoms with Gasteiger partial charge in [-0.25, -0.2) is 4.79 Å². The third kappa shape index (κ3) is 5.47. The standard InChI is InChI=1S/C11H19N5O3/c1-3-4-12-10(17)8-15(2)5-6-16-7-9(11(18)19)13-14-16/h7H,3-6,8H2,1-2H3,(H,12,17)(H,18,19). The molecule has 1 amide bonds. The number of hydrogen-bond acceptors (Lipinski definition) is 5. The van der Waals surface area contributed by atoms with Crippen LogP contribution in [0.5, 0.6) is 0 Å². The lowest BCUT2D eigenvalue weighted by atomic mass is 10.4. The van der Waals surface area contributed by atoms with Crippen molar-refractivity contribution in [3.8, 4) is 0 Å². The predicted molar refractivity (Wildman–Crippen MR) is 67.8 cm³/mol. The van der Waals surface area contributed by atoms with Crippen LogP contribution < -0.4 is 5.32 Å². The van der Waals surface area contributed by atoms with E-state index in [1.165, 1.54) is 10.9 Å². The Hall–Kier alpha value is -1.96. The molecular formula is C11H19N5O3. The second kappa shape index (κ2) is 7.47. The van der Waals surface area contributed by atoms with E-state index in [0.717, 1.165) is 6.42 Å². The maximum Gasteiger partial charge on any atom is 0.358 e. The topological polar surface area (TPSA) is 100 Å². The minimum absolute atomic E-state index is 0.0193. The number of carbonyl (C=O) groups is 2. The van der Waals surface area contributed by atoms with Crippen LogP contribution in [0.25, 0.3) is 0 Å². The molecule has 19 heavy (non-hydrogen) atoms. The summed E-state index contributed by atoms with van der Waals surface area (Å²) in [7, 11) is 1.82.